The number of halogens is 1. The van der Waals surface area contributed by atoms with Crippen LogP contribution in [0.2, 0.25) is 5.02 Å². The molecule has 1 aromatic rings. The summed E-state index contributed by atoms with van der Waals surface area (Å²) in [4.78, 5) is 10.9. The van der Waals surface area contributed by atoms with Gasteiger partial charge >= 0.3 is 5.97 Å². The molecular formula is C13H14ClNO2. The van der Waals surface area contributed by atoms with Crippen LogP contribution >= 0.6 is 11.6 Å². The molecule has 3 fully saturated rings. The van der Waals surface area contributed by atoms with Crippen LogP contribution in [-0.2, 0) is 10.2 Å². The van der Waals surface area contributed by atoms with Crippen LogP contribution in [0.5, 0.6) is 0 Å². The average molecular weight is 252 g/mol. The fraction of sp³-hybridized carbons (Fsp3) is 0.462. The van der Waals surface area contributed by atoms with Crippen molar-refractivity contribution in [3.63, 3.8) is 0 Å². The zero-order valence-corrected chi connectivity index (χ0v) is 10.1. The van der Waals surface area contributed by atoms with Gasteiger partial charge in [-0.1, -0.05) is 23.7 Å². The van der Waals surface area contributed by atoms with E-state index < -0.39 is 12.0 Å². The van der Waals surface area contributed by atoms with Crippen molar-refractivity contribution in [3.8, 4) is 0 Å². The van der Waals surface area contributed by atoms with Gasteiger partial charge in [-0.05, 0) is 47.8 Å². The number of carboxylic acid groups (broad SMARTS) is 1. The van der Waals surface area contributed by atoms with Crippen LogP contribution < -0.4 is 5.73 Å². The largest absolute Gasteiger partial charge is 0.480 e. The molecule has 3 nitrogen and oxygen atoms in total. The number of rotatable bonds is 3. The monoisotopic (exact) mass is 251 g/mol. The van der Waals surface area contributed by atoms with Gasteiger partial charge in [0.15, 0.2) is 0 Å². The van der Waals surface area contributed by atoms with E-state index in [4.69, 9.17) is 22.4 Å². The molecule has 4 rings (SSSR count). The summed E-state index contributed by atoms with van der Waals surface area (Å²) in [7, 11) is 0. The maximum absolute atomic E-state index is 10.9. The molecule has 3 N–H and O–H groups in total. The van der Waals surface area contributed by atoms with E-state index >= 15 is 0 Å². The number of carboxylic acids is 1. The number of hydrogen-bond acceptors (Lipinski definition) is 2. The van der Waals surface area contributed by atoms with Crippen molar-refractivity contribution in [1.29, 1.82) is 0 Å². The number of benzene rings is 1. The fourth-order valence-electron chi connectivity index (χ4n) is 3.58. The van der Waals surface area contributed by atoms with E-state index in [1.165, 1.54) is 5.56 Å². The van der Waals surface area contributed by atoms with Crippen molar-refractivity contribution >= 4 is 17.6 Å². The Kier molecular flexibility index (Phi) is 2.11. The predicted molar refractivity (Wildman–Crippen MR) is 65.0 cm³/mol. The summed E-state index contributed by atoms with van der Waals surface area (Å²) in [5, 5.41) is 9.70. The molecule has 4 heteroatoms. The quantitative estimate of drug-likeness (QED) is 0.866. The summed E-state index contributed by atoms with van der Waals surface area (Å²) in [6.45, 7) is 0. The van der Waals surface area contributed by atoms with Gasteiger partial charge in [-0.3, -0.25) is 4.79 Å². The minimum atomic E-state index is -0.885. The lowest BCUT2D eigenvalue weighted by Gasteiger charge is -2.72. The molecule has 1 unspecified atom stereocenters. The van der Waals surface area contributed by atoms with Crippen molar-refractivity contribution in [3.05, 3.63) is 34.9 Å². The number of aliphatic carboxylic acids is 1. The van der Waals surface area contributed by atoms with Crippen LogP contribution in [0.1, 0.15) is 24.8 Å². The summed E-state index contributed by atoms with van der Waals surface area (Å²) >= 11 is 5.98. The van der Waals surface area contributed by atoms with E-state index in [1.54, 1.807) is 0 Å². The second-order valence-corrected chi connectivity index (χ2v) is 5.94. The highest BCUT2D eigenvalue weighted by molar-refractivity contribution is 6.30. The van der Waals surface area contributed by atoms with Gasteiger partial charge in [0.25, 0.3) is 0 Å². The third-order valence-electron chi connectivity index (χ3n) is 4.43. The Morgan fingerprint density at radius 3 is 2.59 bits per heavy atom. The minimum absolute atomic E-state index is 0.151. The number of nitrogens with two attached hydrogens (primary N) is 1. The third kappa shape index (κ3) is 1.36. The summed E-state index contributed by atoms with van der Waals surface area (Å²) in [6, 6.07) is 7.14. The molecule has 1 aromatic carbocycles. The average Bonchev–Trinajstić information content (AvgIpc) is 2.13. The highest BCUT2D eigenvalue weighted by atomic mass is 35.5. The van der Waals surface area contributed by atoms with Gasteiger partial charge < -0.3 is 10.8 Å². The normalized spacial score (nSPS) is 35.6. The Morgan fingerprint density at radius 1 is 1.41 bits per heavy atom. The van der Waals surface area contributed by atoms with Crippen LogP contribution in [0.15, 0.2) is 24.3 Å². The molecule has 0 heterocycles. The standard InChI is InChI=1S/C13H14ClNO2/c14-9-3-1-2-8(4-9)12-5-13(6-12,7-12)10(15)11(16)17/h1-4,10H,5-7,15H2,(H,16,17). The van der Waals surface area contributed by atoms with Crippen molar-refractivity contribution in [2.75, 3.05) is 0 Å². The summed E-state index contributed by atoms with van der Waals surface area (Å²) in [5.74, 6) is -0.885. The molecule has 0 spiro atoms. The SMILES string of the molecule is NC(C(=O)O)C12CC(c3cccc(Cl)c3)(C1)C2. The Morgan fingerprint density at radius 2 is 2.06 bits per heavy atom. The first kappa shape index (κ1) is 11.1. The highest BCUT2D eigenvalue weighted by Crippen LogP contribution is 2.74. The molecule has 3 aliphatic rings. The smallest absolute Gasteiger partial charge is 0.321 e. The lowest BCUT2D eigenvalue weighted by atomic mass is 9.31. The van der Waals surface area contributed by atoms with E-state index in [1.807, 2.05) is 18.2 Å². The van der Waals surface area contributed by atoms with Gasteiger partial charge in [-0.2, -0.15) is 0 Å². The molecule has 0 aromatic heterocycles. The second-order valence-electron chi connectivity index (χ2n) is 5.50. The maximum Gasteiger partial charge on any atom is 0.321 e. The summed E-state index contributed by atoms with van der Waals surface area (Å²) in [6.07, 6.45) is 2.65. The van der Waals surface area contributed by atoms with Gasteiger partial charge in [-0.15, -0.1) is 0 Å². The van der Waals surface area contributed by atoms with E-state index in [0.717, 1.165) is 24.3 Å². The molecule has 0 saturated heterocycles. The van der Waals surface area contributed by atoms with Crippen molar-refractivity contribution in [2.24, 2.45) is 11.1 Å². The zero-order valence-electron chi connectivity index (χ0n) is 9.32. The molecule has 2 bridgehead atoms. The molecule has 17 heavy (non-hydrogen) atoms. The second kappa shape index (κ2) is 3.24. The molecule has 1 atom stereocenters. The molecule has 3 saturated carbocycles. The van der Waals surface area contributed by atoms with E-state index in [-0.39, 0.29) is 10.8 Å². The Hall–Kier alpha value is -1.06. The Balaban J connectivity index is 1.79. The van der Waals surface area contributed by atoms with Gasteiger partial charge in [0.05, 0.1) is 0 Å². The van der Waals surface area contributed by atoms with E-state index in [2.05, 4.69) is 6.07 Å². The topological polar surface area (TPSA) is 63.3 Å². The Labute approximate surface area is 105 Å². The lowest BCUT2D eigenvalue weighted by Crippen LogP contribution is -2.72. The van der Waals surface area contributed by atoms with Crippen LogP contribution in [0, 0.1) is 5.41 Å². The molecule has 90 valence electrons. The Bertz CT molecular complexity index is 480. The van der Waals surface area contributed by atoms with Gasteiger partial charge in [0, 0.05) is 5.02 Å². The molecule has 3 aliphatic carbocycles. The molecule has 0 radical (unpaired) electrons. The maximum atomic E-state index is 10.9. The first-order chi connectivity index (χ1) is 7.97. The first-order valence-corrected chi connectivity index (χ1v) is 6.10. The van der Waals surface area contributed by atoms with Crippen molar-refractivity contribution in [2.45, 2.75) is 30.7 Å². The van der Waals surface area contributed by atoms with Crippen LogP contribution in [0.3, 0.4) is 0 Å². The van der Waals surface area contributed by atoms with Gasteiger partial charge in [-0.25, -0.2) is 0 Å². The van der Waals surface area contributed by atoms with Crippen LogP contribution in [0.4, 0.5) is 0 Å². The highest BCUT2D eigenvalue weighted by Gasteiger charge is 2.71. The molecule has 0 amide bonds. The lowest BCUT2D eigenvalue weighted by molar-refractivity contribution is -0.178. The van der Waals surface area contributed by atoms with Gasteiger partial charge in [0.2, 0.25) is 0 Å². The molecule has 0 aliphatic heterocycles. The van der Waals surface area contributed by atoms with Crippen molar-refractivity contribution in [1.82, 2.24) is 0 Å². The molecular weight excluding hydrogens is 238 g/mol. The van der Waals surface area contributed by atoms with Crippen LogP contribution in [0.25, 0.3) is 0 Å². The minimum Gasteiger partial charge on any atom is -0.480 e. The van der Waals surface area contributed by atoms with Crippen molar-refractivity contribution < 1.29 is 9.90 Å². The fourth-order valence-corrected chi connectivity index (χ4v) is 3.77. The first-order valence-electron chi connectivity index (χ1n) is 5.72. The van der Waals surface area contributed by atoms with Crippen LogP contribution in [-0.4, -0.2) is 17.1 Å². The third-order valence-corrected chi connectivity index (χ3v) is 4.67. The van der Waals surface area contributed by atoms with E-state index in [0.29, 0.717) is 0 Å². The number of carbonyl (C=O) groups is 1. The zero-order chi connectivity index (χ0) is 12.3. The van der Waals surface area contributed by atoms with Gasteiger partial charge in [0.1, 0.15) is 6.04 Å². The predicted octanol–water partition coefficient (Wildman–Crippen LogP) is 2.17. The summed E-state index contributed by atoms with van der Waals surface area (Å²) in [5.41, 5.74) is 6.95. The number of hydrogen-bond donors (Lipinski definition) is 2. The summed E-state index contributed by atoms with van der Waals surface area (Å²) < 4.78 is 0. The van der Waals surface area contributed by atoms with E-state index in [9.17, 15) is 4.79 Å².